The SMILES string of the molecule is NC(=O)C(CNC(=O)Cc1ccc(OC(F)(F)F)cc1)Cc1ccc(F)cc1. The Morgan fingerprint density at radius 3 is 2.11 bits per heavy atom. The van der Waals surface area contributed by atoms with Gasteiger partial charge in [-0.3, -0.25) is 9.59 Å². The van der Waals surface area contributed by atoms with Crippen LogP contribution in [0.5, 0.6) is 5.75 Å². The van der Waals surface area contributed by atoms with Crippen LogP contribution in [0.2, 0.25) is 0 Å². The molecule has 2 amide bonds. The predicted molar refractivity (Wildman–Crippen MR) is 92.6 cm³/mol. The van der Waals surface area contributed by atoms with Crippen molar-refractivity contribution in [2.45, 2.75) is 19.2 Å². The molecule has 0 bridgehead atoms. The van der Waals surface area contributed by atoms with Crippen LogP contribution in [-0.2, 0) is 22.4 Å². The standard InChI is InChI=1S/C19H18F4N2O3/c20-15-5-1-12(2-6-15)9-14(18(24)27)11-25-17(26)10-13-3-7-16(8-4-13)28-19(21,22)23/h1-8,14H,9-11H2,(H2,24,27)(H,25,26). The third kappa shape index (κ3) is 7.26. The minimum absolute atomic E-state index is 0.0131. The van der Waals surface area contributed by atoms with Crippen molar-refractivity contribution in [3.8, 4) is 5.75 Å². The Balaban J connectivity index is 1.87. The first kappa shape index (κ1) is 21.2. The molecule has 9 heteroatoms. The summed E-state index contributed by atoms with van der Waals surface area (Å²) in [7, 11) is 0. The molecule has 3 N–H and O–H groups in total. The van der Waals surface area contributed by atoms with Crippen LogP contribution in [0.4, 0.5) is 17.6 Å². The molecule has 2 aromatic rings. The highest BCUT2D eigenvalue weighted by Crippen LogP contribution is 2.22. The molecule has 0 spiro atoms. The highest BCUT2D eigenvalue weighted by Gasteiger charge is 2.31. The number of benzene rings is 2. The van der Waals surface area contributed by atoms with Crippen molar-refractivity contribution in [3.05, 3.63) is 65.5 Å². The molecule has 5 nitrogen and oxygen atoms in total. The fraction of sp³-hybridized carbons (Fsp3) is 0.263. The van der Waals surface area contributed by atoms with E-state index in [0.29, 0.717) is 11.1 Å². The molecule has 0 aliphatic carbocycles. The highest BCUT2D eigenvalue weighted by molar-refractivity contribution is 5.81. The van der Waals surface area contributed by atoms with Crippen molar-refractivity contribution < 1.29 is 31.9 Å². The molecule has 0 saturated heterocycles. The predicted octanol–water partition coefficient (Wildman–Crippen LogP) is 2.73. The summed E-state index contributed by atoms with van der Waals surface area (Å²) >= 11 is 0. The summed E-state index contributed by atoms with van der Waals surface area (Å²) in [5.74, 6) is -2.51. The molecular formula is C19H18F4N2O3. The first-order valence-corrected chi connectivity index (χ1v) is 8.27. The largest absolute Gasteiger partial charge is 0.573 e. The molecular weight excluding hydrogens is 380 g/mol. The summed E-state index contributed by atoms with van der Waals surface area (Å²) in [5, 5.41) is 2.57. The van der Waals surface area contributed by atoms with Crippen molar-refractivity contribution >= 4 is 11.8 Å². The Morgan fingerprint density at radius 1 is 1.00 bits per heavy atom. The number of hydrogen-bond acceptors (Lipinski definition) is 3. The maximum atomic E-state index is 12.9. The second kappa shape index (κ2) is 9.20. The quantitative estimate of drug-likeness (QED) is 0.671. The lowest BCUT2D eigenvalue weighted by Gasteiger charge is -2.15. The van der Waals surface area contributed by atoms with E-state index in [9.17, 15) is 27.2 Å². The molecule has 2 aromatic carbocycles. The minimum atomic E-state index is -4.78. The molecule has 1 unspecified atom stereocenters. The van der Waals surface area contributed by atoms with Gasteiger partial charge in [-0.05, 0) is 41.8 Å². The van der Waals surface area contributed by atoms with E-state index >= 15 is 0 Å². The van der Waals surface area contributed by atoms with E-state index in [2.05, 4.69) is 10.1 Å². The summed E-state index contributed by atoms with van der Waals surface area (Å²) in [6.45, 7) is -0.0131. The Bertz CT molecular complexity index is 805. The molecule has 0 aromatic heterocycles. The molecule has 2 rings (SSSR count). The van der Waals surface area contributed by atoms with E-state index in [1.54, 1.807) is 0 Å². The number of primary amides is 1. The van der Waals surface area contributed by atoms with E-state index in [1.165, 1.54) is 36.4 Å². The number of halogens is 4. The topological polar surface area (TPSA) is 81.4 Å². The molecule has 0 fully saturated rings. The average Bonchev–Trinajstić information content (AvgIpc) is 2.60. The van der Waals surface area contributed by atoms with Gasteiger partial charge in [0.2, 0.25) is 11.8 Å². The maximum absolute atomic E-state index is 12.9. The summed E-state index contributed by atoms with van der Waals surface area (Å²) in [6, 6.07) is 10.5. The molecule has 28 heavy (non-hydrogen) atoms. The summed E-state index contributed by atoms with van der Waals surface area (Å²) < 4.78 is 53.1. The fourth-order valence-corrected chi connectivity index (χ4v) is 2.47. The van der Waals surface area contributed by atoms with Crippen molar-refractivity contribution in [3.63, 3.8) is 0 Å². The summed E-state index contributed by atoms with van der Waals surface area (Å²) in [4.78, 5) is 23.6. The second-order valence-corrected chi connectivity index (χ2v) is 6.10. The molecule has 0 saturated carbocycles. The smallest absolute Gasteiger partial charge is 0.406 e. The third-order valence-corrected chi connectivity index (χ3v) is 3.86. The van der Waals surface area contributed by atoms with Gasteiger partial charge in [-0.15, -0.1) is 13.2 Å². The van der Waals surface area contributed by atoms with Crippen LogP contribution in [-0.4, -0.2) is 24.7 Å². The second-order valence-electron chi connectivity index (χ2n) is 6.10. The van der Waals surface area contributed by atoms with E-state index in [0.717, 1.165) is 12.1 Å². The number of nitrogens with two attached hydrogens (primary N) is 1. The van der Waals surface area contributed by atoms with Gasteiger partial charge in [0.25, 0.3) is 0 Å². The Hall–Kier alpha value is -3.10. The molecule has 0 aliphatic heterocycles. The normalized spacial score (nSPS) is 12.3. The van der Waals surface area contributed by atoms with Crippen LogP contribution in [0, 0.1) is 11.7 Å². The molecule has 1 atom stereocenters. The van der Waals surface area contributed by atoms with Crippen LogP contribution < -0.4 is 15.8 Å². The molecule has 0 aliphatic rings. The molecule has 0 radical (unpaired) electrons. The number of carbonyl (C=O) groups is 2. The monoisotopic (exact) mass is 398 g/mol. The van der Waals surface area contributed by atoms with Gasteiger partial charge in [0.1, 0.15) is 11.6 Å². The van der Waals surface area contributed by atoms with Crippen LogP contribution in [0.15, 0.2) is 48.5 Å². The van der Waals surface area contributed by atoms with E-state index in [-0.39, 0.29) is 25.1 Å². The Labute approximate surface area is 158 Å². The number of hydrogen-bond donors (Lipinski definition) is 2. The lowest BCUT2D eigenvalue weighted by Crippen LogP contribution is -2.37. The van der Waals surface area contributed by atoms with Gasteiger partial charge in [-0.1, -0.05) is 24.3 Å². The van der Waals surface area contributed by atoms with Crippen LogP contribution in [0.25, 0.3) is 0 Å². The first-order chi connectivity index (χ1) is 13.1. The van der Waals surface area contributed by atoms with Gasteiger partial charge in [0.05, 0.1) is 12.3 Å². The fourth-order valence-electron chi connectivity index (χ4n) is 2.47. The Kier molecular flexibility index (Phi) is 6.97. The zero-order chi connectivity index (χ0) is 20.7. The molecule has 0 heterocycles. The maximum Gasteiger partial charge on any atom is 0.573 e. The lowest BCUT2D eigenvalue weighted by atomic mass is 9.98. The van der Waals surface area contributed by atoms with Gasteiger partial charge in [0.15, 0.2) is 0 Å². The third-order valence-electron chi connectivity index (χ3n) is 3.86. The number of amides is 2. The number of nitrogens with one attached hydrogen (secondary N) is 1. The lowest BCUT2D eigenvalue weighted by molar-refractivity contribution is -0.274. The van der Waals surface area contributed by atoms with E-state index < -0.39 is 29.9 Å². The number of carbonyl (C=O) groups excluding carboxylic acids is 2. The zero-order valence-electron chi connectivity index (χ0n) is 14.6. The van der Waals surface area contributed by atoms with Gasteiger partial charge in [-0.2, -0.15) is 0 Å². The number of ether oxygens (including phenoxy) is 1. The van der Waals surface area contributed by atoms with Gasteiger partial charge < -0.3 is 15.8 Å². The van der Waals surface area contributed by atoms with Crippen molar-refractivity contribution in [1.82, 2.24) is 5.32 Å². The van der Waals surface area contributed by atoms with E-state index in [1.807, 2.05) is 0 Å². The number of rotatable bonds is 8. The summed E-state index contributed by atoms with van der Waals surface area (Å²) in [6.07, 6.45) is -4.64. The van der Waals surface area contributed by atoms with Crippen LogP contribution in [0.3, 0.4) is 0 Å². The van der Waals surface area contributed by atoms with Crippen LogP contribution in [0.1, 0.15) is 11.1 Å². The summed E-state index contributed by atoms with van der Waals surface area (Å²) in [5.41, 5.74) is 6.52. The zero-order valence-corrected chi connectivity index (χ0v) is 14.6. The van der Waals surface area contributed by atoms with E-state index in [4.69, 9.17) is 5.73 Å². The minimum Gasteiger partial charge on any atom is -0.406 e. The first-order valence-electron chi connectivity index (χ1n) is 8.27. The average molecular weight is 398 g/mol. The van der Waals surface area contributed by atoms with Crippen molar-refractivity contribution in [2.24, 2.45) is 11.7 Å². The van der Waals surface area contributed by atoms with Gasteiger partial charge in [-0.25, -0.2) is 4.39 Å². The molecule has 150 valence electrons. The Morgan fingerprint density at radius 2 is 1.57 bits per heavy atom. The van der Waals surface area contributed by atoms with Crippen LogP contribution >= 0.6 is 0 Å². The van der Waals surface area contributed by atoms with Crippen molar-refractivity contribution in [2.75, 3.05) is 6.54 Å². The van der Waals surface area contributed by atoms with Gasteiger partial charge in [0, 0.05) is 6.54 Å². The van der Waals surface area contributed by atoms with Crippen molar-refractivity contribution in [1.29, 1.82) is 0 Å². The van der Waals surface area contributed by atoms with Gasteiger partial charge >= 0.3 is 6.36 Å². The number of alkyl halides is 3. The highest BCUT2D eigenvalue weighted by atomic mass is 19.4.